The van der Waals surface area contributed by atoms with E-state index in [-0.39, 0.29) is 5.69 Å². The van der Waals surface area contributed by atoms with Crippen LogP contribution in [0.2, 0.25) is 0 Å². The summed E-state index contributed by atoms with van der Waals surface area (Å²) in [6.07, 6.45) is 5.05. The number of anilines is 1. The van der Waals surface area contributed by atoms with Gasteiger partial charge in [-0.05, 0) is 30.9 Å². The third kappa shape index (κ3) is 3.80. The number of halogens is 1. The minimum atomic E-state index is -0.450. The SMILES string of the molecule is COc1ccc(F)cc1-n1cncc1C(=O)Nc1nnc(C#CC2CC2)s1. The predicted molar refractivity (Wildman–Crippen MR) is 97.5 cm³/mol. The molecule has 1 amide bonds. The fourth-order valence-electron chi connectivity index (χ4n) is 2.38. The molecule has 0 unspecified atom stereocenters. The minimum Gasteiger partial charge on any atom is -0.495 e. The number of carbonyl (C=O) groups excluding carboxylic acids is 1. The van der Waals surface area contributed by atoms with Gasteiger partial charge in [0.1, 0.15) is 17.3 Å². The zero-order chi connectivity index (χ0) is 18.8. The van der Waals surface area contributed by atoms with Crippen LogP contribution in [0.1, 0.15) is 28.3 Å². The van der Waals surface area contributed by atoms with Crippen LogP contribution in [0, 0.1) is 23.6 Å². The van der Waals surface area contributed by atoms with Gasteiger partial charge in [0.15, 0.2) is 5.01 Å². The number of aromatic nitrogens is 4. The Morgan fingerprint density at radius 2 is 2.26 bits per heavy atom. The van der Waals surface area contributed by atoms with Crippen molar-refractivity contribution in [1.82, 2.24) is 19.7 Å². The molecular weight excluding hydrogens is 369 g/mol. The van der Waals surface area contributed by atoms with Crippen molar-refractivity contribution in [3.05, 3.63) is 47.2 Å². The fourth-order valence-corrected chi connectivity index (χ4v) is 2.98. The smallest absolute Gasteiger partial charge is 0.276 e. The van der Waals surface area contributed by atoms with Crippen LogP contribution in [-0.2, 0) is 0 Å². The van der Waals surface area contributed by atoms with E-state index in [9.17, 15) is 9.18 Å². The molecule has 27 heavy (non-hydrogen) atoms. The maximum absolute atomic E-state index is 13.7. The molecular formula is C18H14FN5O2S. The summed E-state index contributed by atoms with van der Waals surface area (Å²) in [6, 6.07) is 4.04. The molecule has 0 radical (unpaired) electrons. The predicted octanol–water partition coefficient (Wildman–Crippen LogP) is 2.89. The first-order chi connectivity index (χ1) is 13.1. The van der Waals surface area contributed by atoms with E-state index >= 15 is 0 Å². The topological polar surface area (TPSA) is 81.9 Å². The number of hydrogen-bond donors (Lipinski definition) is 1. The van der Waals surface area contributed by atoms with Crippen LogP contribution in [0.15, 0.2) is 30.7 Å². The summed E-state index contributed by atoms with van der Waals surface area (Å²) in [6.45, 7) is 0. The Bertz CT molecular complexity index is 1060. The maximum Gasteiger partial charge on any atom is 0.276 e. The van der Waals surface area contributed by atoms with Crippen molar-refractivity contribution in [3.8, 4) is 23.3 Å². The van der Waals surface area contributed by atoms with Crippen molar-refractivity contribution in [1.29, 1.82) is 0 Å². The first-order valence-corrected chi connectivity index (χ1v) is 8.98. The van der Waals surface area contributed by atoms with Crippen molar-refractivity contribution in [2.45, 2.75) is 12.8 Å². The van der Waals surface area contributed by atoms with Gasteiger partial charge in [-0.15, -0.1) is 10.2 Å². The van der Waals surface area contributed by atoms with Gasteiger partial charge in [0.05, 0.1) is 25.3 Å². The summed E-state index contributed by atoms with van der Waals surface area (Å²) in [5.41, 5.74) is 0.577. The summed E-state index contributed by atoms with van der Waals surface area (Å²) in [4.78, 5) is 16.6. The largest absolute Gasteiger partial charge is 0.495 e. The highest BCUT2D eigenvalue weighted by Gasteiger charge is 2.19. The van der Waals surface area contributed by atoms with Gasteiger partial charge in [-0.3, -0.25) is 14.7 Å². The highest BCUT2D eigenvalue weighted by atomic mass is 32.1. The van der Waals surface area contributed by atoms with Gasteiger partial charge in [-0.1, -0.05) is 17.3 Å². The van der Waals surface area contributed by atoms with Gasteiger partial charge < -0.3 is 4.74 Å². The third-order valence-corrected chi connectivity index (χ3v) is 4.63. The van der Waals surface area contributed by atoms with Crippen molar-refractivity contribution in [3.63, 3.8) is 0 Å². The third-order valence-electron chi connectivity index (χ3n) is 3.88. The average Bonchev–Trinajstić information content (AvgIpc) is 3.17. The van der Waals surface area contributed by atoms with Crippen LogP contribution in [0.5, 0.6) is 5.75 Å². The number of nitrogens with one attached hydrogen (secondary N) is 1. The van der Waals surface area contributed by atoms with Crippen LogP contribution in [0.25, 0.3) is 5.69 Å². The number of ether oxygens (including phenoxy) is 1. The Morgan fingerprint density at radius 1 is 1.41 bits per heavy atom. The Morgan fingerprint density at radius 3 is 3.04 bits per heavy atom. The first-order valence-electron chi connectivity index (χ1n) is 8.16. The molecule has 4 rings (SSSR count). The van der Waals surface area contributed by atoms with Crippen molar-refractivity contribution in [2.24, 2.45) is 5.92 Å². The van der Waals surface area contributed by atoms with Crippen LogP contribution in [0.3, 0.4) is 0 Å². The molecule has 0 atom stereocenters. The normalized spacial score (nSPS) is 13.0. The van der Waals surface area contributed by atoms with Gasteiger partial charge >= 0.3 is 0 Å². The molecule has 1 saturated carbocycles. The average molecular weight is 383 g/mol. The van der Waals surface area contributed by atoms with E-state index < -0.39 is 11.7 Å². The molecule has 1 N–H and O–H groups in total. The summed E-state index contributed by atoms with van der Waals surface area (Å²) in [7, 11) is 1.47. The summed E-state index contributed by atoms with van der Waals surface area (Å²) < 4.78 is 20.4. The Kier molecular flexibility index (Phi) is 4.56. The molecule has 1 aromatic carbocycles. The van der Waals surface area contributed by atoms with Crippen molar-refractivity contribution in [2.75, 3.05) is 12.4 Å². The quantitative estimate of drug-likeness (QED) is 0.701. The second-order valence-electron chi connectivity index (χ2n) is 5.88. The van der Waals surface area contributed by atoms with E-state index in [4.69, 9.17) is 4.74 Å². The van der Waals surface area contributed by atoms with Crippen LogP contribution < -0.4 is 10.1 Å². The molecule has 2 aromatic heterocycles. The highest BCUT2D eigenvalue weighted by Crippen LogP contribution is 2.28. The second kappa shape index (κ2) is 7.17. The van der Waals surface area contributed by atoms with Gasteiger partial charge in [0.25, 0.3) is 5.91 Å². The molecule has 2 heterocycles. The van der Waals surface area contributed by atoms with E-state index in [1.165, 1.54) is 53.7 Å². The van der Waals surface area contributed by atoms with E-state index in [1.807, 2.05) is 0 Å². The van der Waals surface area contributed by atoms with E-state index in [0.29, 0.717) is 27.5 Å². The number of carbonyl (C=O) groups is 1. The lowest BCUT2D eigenvalue weighted by molar-refractivity contribution is 0.102. The zero-order valence-electron chi connectivity index (χ0n) is 14.3. The van der Waals surface area contributed by atoms with E-state index in [2.05, 4.69) is 32.3 Å². The van der Waals surface area contributed by atoms with Gasteiger partial charge in [0, 0.05) is 12.0 Å². The zero-order valence-corrected chi connectivity index (χ0v) is 15.1. The Balaban J connectivity index is 1.57. The van der Waals surface area contributed by atoms with E-state index in [0.717, 1.165) is 12.8 Å². The monoisotopic (exact) mass is 383 g/mol. The van der Waals surface area contributed by atoms with Crippen LogP contribution in [-0.4, -0.2) is 32.8 Å². The molecule has 1 aliphatic carbocycles. The highest BCUT2D eigenvalue weighted by molar-refractivity contribution is 7.15. The number of benzene rings is 1. The molecule has 7 nitrogen and oxygen atoms in total. The second-order valence-corrected chi connectivity index (χ2v) is 6.85. The molecule has 1 fully saturated rings. The van der Waals surface area contributed by atoms with Crippen molar-refractivity contribution < 1.29 is 13.9 Å². The molecule has 136 valence electrons. The lowest BCUT2D eigenvalue weighted by Gasteiger charge is -2.11. The number of imidazole rings is 1. The molecule has 0 aliphatic heterocycles. The molecule has 3 aromatic rings. The summed E-state index contributed by atoms with van der Waals surface area (Å²) in [5.74, 6) is 6.04. The number of methoxy groups -OCH3 is 1. The summed E-state index contributed by atoms with van der Waals surface area (Å²) >= 11 is 1.20. The molecule has 9 heteroatoms. The maximum atomic E-state index is 13.7. The number of rotatable bonds is 4. The lowest BCUT2D eigenvalue weighted by atomic mass is 10.2. The first kappa shape index (κ1) is 17.2. The minimum absolute atomic E-state index is 0.208. The van der Waals surface area contributed by atoms with Crippen LogP contribution in [0.4, 0.5) is 9.52 Å². The Hall–Kier alpha value is -3.25. The number of hydrogen-bond acceptors (Lipinski definition) is 6. The molecule has 0 saturated heterocycles. The van der Waals surface area contributed by atoms with Crippen molar-refractivity contribution >= 4 is 22.4 Å². The van der Waals surface area contributed by atoms with Gasteiger partial charge in [0.2, 0.25) is 5.13 Å². The fraction of sp³-hybridized carbons (Fsp3) is 0.222. The Labute approximate surface area is 158 Å². The van der Waals surface area contributed by atoms with Gasteiger partial charge in [-0.25, -0.2) is 9.37 Å². The lowest BCUT2D eigenvalue weighted by Crippen LogP contribution is -2.16. The number of amides is 1. The standard InChI is InChI=1S/C18H14FN5O2S/c1-26-15-6-5-12(19)8-13(15)24-10-20-9-14(24)17(25)21-18-23-22-16(27-18)7-4-11-2-3-11/h5-6,8-11H,2-3H2,1H3,(H,21,23,25). The molecule has 0 spiro atoms. The van der Waals surface area contributed by atoms with E-state index in [1.54, 1.807) is 0 Å². The summed E-state index contributed by atoms with van der Waals surface area (Å²) in [5, 5.41) is 11.5. The van der Waals surface area contributed by atoms with Gasteiger partial charge in [-0.2, -0.15) is 0 Å². The molecule has 1 aliphatic rings. The number of nitrogens with zero attached hydrogens (tertiary/aromatic N) is 4. The van der Waals surface area contributed by atoms with Crippen LogP contribution >= 0.6 is 11.3 Å². The molecule has 0 bridgehead atoms.